The fourth-order valence-corrected chi connectivity index (χ4v) is 4.78. The van der Waals surface area contributed by atoms with Gasteiger partial charge in [0.05, 0.1) is 5.39 Å². The maximum Gasteiger partial charge on any atom is 0.141 e. The van der Waals surface area contributed by atoms with Crippen molar-refractivity contribution >= 4 is 27.4 Å². The molecule has 25 heavy (non-hydrogen) atoms. The van der Waals surface area contributed by atoms with Crippen LogP contribution in [0.2, 0.25) is 0 Å². The van der Waals surface area contributed by atoms with Gasteiger partial charge >= 0.3 is 0 Å². The quantitative estimate of drug-likeness (QED) is 0.755. The summed E-state index contributed by atoms with van der Waals surface area (Å²) in [5.41, 5.74) is 2.42. The third-order valence-electron chi connectivity index (χ3n) is 4.97. The largest absolute Gasteiger partial charge is 0.396 e. The number of piperidine rings is 1. The summed E-state index contributed by atoms with van der Waals surface area (Å²) < 4.78 is 0. The zero-order chi connectivity index (χ0) is 17.2. The van der Waals surface area contributed by atoms with Crippen molar-refractivity contribution in [2.24, 2.45) is 0 Å². The number of anilines is 1. The van der Waals surface area contributed by atoms with Gasteiger partial charge < -0.3 is 10.0 Å². The van der Waals surface area contributed by atoms with Gasteiger partial charge in [0, 0.05) is 30.1 Å². The predicted molar refractivity (Wildman–Crippen MR) is 104 cm³/mol. The van der Waals surface area contributed by atoms with Crippen LogP contribution in [-0.2, 0) is 0 Å². The minimum atomic E-state index is 0.226. The lowest BCUT2D eigenvalue weighted by molar-refractivity contribution is 0.262. The van der Waals surface area contributed by atoms with E-state index in [0.29, 0.717) is 6.04 Å². The van der Waals surface area contributed by atoms with Crippen LogP contribution >= 0.6 is 11.3 Å². The number of benzene rings is 1. The molecule has 4 nitrogen and oxygen atoms in total. The van der Waals surface area contributed by atoms with Gasteiger partial charge in [-0.25, -0.2) is 9.97 Å². The molecular formula is C20H23N3OS. The summed E-state index contributed by atoms with van der Waals surface area (Å²) in [4.78, 5) is 13.0. The van der Waals surface area contributed by atoms with Crippen LogP contribution < -0.4 is 4.90 Å². The van der Waals surface area contributed by atoms with E-state index in [1.54, 1.807) is 11.3 Å². The maximum atomic E-state index is 9.49. The molecule has 4 rings (SSSR count). The van der Waals surface area contributed by atoms with Crippen LogP contribution in [0.25, 0.3) is 21.3 Å². The van der Waals surface area contributed by atoms with Gasteiger partial charge in [0.2, 0.25) is 0 Å². The molecule has 1 fully saturated rings. The van der Waals surface area contributed by atoms with Crippen molar-refractivity contribution in [3.8, 4) is 11.1 Å². The fraction of sp³-hybridized carbons (Fsp3) is 0.400. The molecule has 0 radical (unpaired) electrons. The highest BCUT2D eigenvalue weighted by molar-refractivity contribution is 7.17. The van der Waals surface area contributed by atoms with E-state index in [4.69, 9.17) is 4.98 Å². The van der Waals surface area contributed by atoms with Crippen LogP contribution in [0.5, 0.6) is 0 Å². The number of nitrogens with zero attached hydrogens (tertiary/aromatic N) is 3. The molecule has 0 amide bonds. The summed E-state index contributed by atoms with van der Waals surface area (Å²) in [6, 6.07) is 10.8. The van der Waals surface area contributed by atoms with E-state index in [9.17, 15) is 5.11 Å². The van der Waals surface area contributed by atoms with Gasteiger partial charge in [0.15, 0.2) is 0 Å². The summed E-state index contributed by atoms with van der Waals surface area (Å²) in [5.74, 6) is 1.86. The van der Waals surface area contributed by atoms with Gasteiger partial charge in [0.1, 0.15) is 16.5 Å². The first-order chi connectivity index (χ1) is 12.3. The zero-order valence-electron chi connectivity index (χ0n) is 14.5. The van der Waals surface area contributed by atoms with E-state index in [1.165, 1.54) is 24.0 Å². The number of aryl methyl sites for hydroxylation is 1. The molecule has 130 valence electrons. The Bertz CT molecular complexity index is 860. The molecule has 0 saturated carbocycles. The molecule has 5 heteroatoms. The molecule has 0 aliphatic carbocycles. The number of aliphatic hydroxyl groups excluding tert-OH is 1. The highest BCUT2D eigenvalue weighted by atomic mass is 32.1. The van der Waals surface area contributed by atoms with E-state index in [0.717, 1.165) is 41.2 Å². The van der Waals surface area contributed by atoms with Crippen molar-refractivity contribution in [1.29, 1.82) is 0 Å². The standard InChI is InChI=1S/C20H23N3OS/c1-14-21-19(23-11-6-5-9-16(23)10-12-24)18-17(13-25-20(18)22-14)15-7-3-2-4-8-15/h2-4,7-8,13,16,24H,5-6,9-12H2,1H3. The Kier molecular flexibility index (Phi) is 4.68. The molecule has 0 spiro atoms. The van der Waals surface area contributed by atoms with E-state index in [-0.39, 0.29) is 6.61 Å². The molecule has 1 aromatic carbocycles. The Morgan fingerprint density at radius 2 is 2.04 bits per heavy atom. The van der Waals surface area contributed by atoms with Gasteiger partial charge in [-0.2, -0.15) is 0 Å². The number of aromatic nitrogens is 2. The van der Waals surface area contributed by atoms with Crippen molar-refractivity contribution < 1.29 is 5.11 Å². The molecule has 1 atom stereocenters. The monoisotopic (exact) mass is 353 g/mol. The average molecular weight is 353 g/mol. The molecule has 1 saturated heterocycles. The Morgan fingerprint density at radius 1 is 1.20 bits per heavy atom. The highest BCUT2D eigenvalue weighted by Crippen LogP contribution is 2.40. The van der Waals surface area contributed by atoms with Crippen LogP contribution in [0, 0.1) is 6.92 Å². The van der Waals surface area contributed by atoms with Gasteiger partial charge in [0.25, 0.3) is 0 Å². The Morgan fingerprint density at radius 3 is 2.84 bits per heavy atom. The SMILES string of the molecule is Cc1nc(N2CCCCC2CCO)c2c(-c3ccccc3)csc2n1. The van der Waals surface area contributed by atoms with E-state index in [2.05, 4.69) is 39.5 Å². The molecule has 1 N–H and O–H groups in total. The molecular weight excluding hydrogens is 330 g/mol. The number of rotatable bonds is 4. The lowest BCUT2D eigenvalue weighted by Crippen LogP contribution is -2.41. The van der Waals surface area contributed by atoms with E-state index < -0.39 is 0 Å². The van der Waals surface area contributed by atoms with Gasteiger partial charge in [-0.15, -0.1) is 11.3 Å². The van der Waals surface area contributed by atoms with E-state index in [1.807, 2.05) is 13.0 Å². The average Bonchev–Trinajstić information content (AvgIpc) is 3.06. The van der Waals surface area contributed by atoms with Crippen LogP contribution in [0.4, 0.5) is 5.82 Å². The summed E-state index contributed by atoms with van der Waals surface area (Å²) in [7, 11) is 0. The summed E-state index contributed by atoms with van der Waals surface area (Å²) >= 11 is 1.69. The van der Waals surface area contributed by atoms with Crippen LogP contribution in [0.15, 0.2) is 35.7 Å². The van der Waals surface area contributed by atoms with Crippen LogP contribution in [-0.4, -0.2) is 34.3 Å². The van der Waals surface area contributed by atoms with Crippen molar-refractivity contribution in [3.05, 3.63) is 41.5 Å². The molecule has 3 heterocycles. The van der Waals surface area contributed by atoms with Crippen LogP contribution in [0.3, 0.4) is 0 Å². The normalized spacial score (nSPS) is 18.0. The fourth-order valence-electron chi connectivity index (χ4n) is 3.79. The lowest BCUT2D eigenvalue weighted by Gasteiger charge is -2.37. The number of fused-ring (bicyclic) bond motifs is 1. The second-order valence-corrected chi connectivity index (χ2v) is 7.50. The van der Waals surface area contributed by atoms with Crippen molar-refractivity contribution in [3.63, 3.8) is 0 Å². The topological polar surface area (TPSA) is 49.2 Å². The summed E-state index contributed by atoms with van der Waals surface area (Å²) in [6.45, 7) is 3.19. The molecule has 1 unspecified atom stereocenters. The molecule has 0 bridgehead atoms. The Labute approximate surface area is 152 Å². The highest BCUT2D eigenvalue weighted by Gasteiger charge is 2.27. The minimum Gasteiger partial charge on any atom is -0.396 e. The van der Waals surface area contributed by atoms with Gasteiger partial charge in [-0.05, 0) is 38.2 Å². The third kappa shape index (κ3) is 3.14. The molecule has 2 aromatic heterocycles. The minimum absolute atomic E-state index is 0.226. The number of thiophene rings is 1. The first-order valence-corrected chi connectivity index (χ1v) is 9.84. The lowest BCUT2D eigenvalue weighted by atomic mass is 9.98. The summed E-state index contributed by atoms with van der Waals surface area (Å²) in [6.07, 6.45) is 4.33. The predicted octanol–water partition coefficient (Wildman–Crippen LogP) is 4.41. The first kappa shape index (κ1) is 16.5. The molecule has 3 aromatic rings. The molecule has 1 aliphatic heterocycles. The molecule has 1 aliphatic rings. The second kappa shape index (κ2) is 7.10. The Balaban J connectivity index is 1.89. The van der Waals surface area contributed by atoms with E-state index >= 15 is 0 Å². The maximum absolute atomic E-state index is 9.49. The van der Waals surface area contributed by atoms with Crippen molar-refractivity contribution in [2.75, 3.05) is 18.1 Å². The number of hydrogen-bond acceptors (Lipinski definition) is 5. The number of hydrogen-bond donors (Lipinski definition) is 1. The summed E-state index contributed by atoms with van der Waals surface area (Å²) in [5, 5.41) is 12.8. The first-order valence-electron chi connectivity index (χ1n) is 8.96. The number of aliphatic hydroxyl groups is 1. The second-order valence-electron chi connectivity index (χ2n) is 6.65. The van der Waals surface area contributed by atoms with Crippen molar-refractivity contribution in [1.82, 2.24) is 9.97 Å². The van der Waals surface area contributed by atoms with Gasteiger partial charge in [-0.3, -0.25) is 0 Å². The smallest absolute Gasteiger partial charge is 0.141 e. The van der Waals surface area contributed by atoms with Crippen molar-refractivity contribution in [2.45, 2.75) is 38.6 Å². The third-order valence-corrected chi connectivity index (χ3v) is 5.84. The zero-order valence-corrected chi connectivity index (χ0v) is 15.3. The van der Waals surface area contributed by atoms with Crippen LogP contribution in [0.1, 0.15) is 31.5 Å². The van der Waals surface area contributed by atoms with Gasteiger partial charge in [-0.1, -0.05) is 30.3 Å². The Hall–Kier alpha value is -1.98.